The molecule has 0 aliphatic rings. The molecule has 0 spiro atoms. The van der Waals surface area contributed by atoms with Gasteiger partial charge in [0.05, 0.1) is 17.0 Å². The molecule has 0 aliphatic heterocycles. The zero-order chi connectivity index (χ0) is 9.68. The molecule has 0 aliphatic carbocycles. The molecule has 13 heavy (non-hydrogen) atoms. The highest BCUT2D eigenvalue weighted by atomic mass is 79.9. The van der Waals surface area contributed by atoms with Crippen molar-refractivity contribution in [1.29, 1.82) is 5.26 Å². The Morgan fingerprint density at radius 1 is 1.69 bits per heavy atom. The number of hydrogen-bond donors (Lipinski definition) is 0. The molecule has 0 fully saturated rings. The van der Waals surface area contributed by atoms with Crippen molar-refractivity contribution in [3.8, 4) is 6.07 Å². The number of thioether (sulfide) groups is 1. The third kappa shape index (κ3) is 3.79. The molecule has 1 heterocycles. The number of nitrogens with zero attached hydrogens (tertiary/aromatic N) is 2. The van der Waals surface area contributed by atoms with Gasteiger partial charge in [-0.15, -0.1) is 11.8 Å². The van der Waals surface area contributed by atoms with Crippen LogP contribution in [0.2, 0.25) is 0 Å². The van der Waals surface area contributed by atoms with Crippen LogP contribution in [0.5, 0.6) is 0 Å². The van der Waals surface area contributed by atoms with Crippen LogP contribution in [-0.2, 0) is 0 Å². The zero-order valence-electron chi connectivity index (χ0n) is 7.20. The summed E-state index contributed by atoms with van der Waals surface area (Å²) in [5, 5.41) is 9.53. The third-order valence-corrected chi connectivity index (χ3v) is 3.07. The number of nitriles is 1. The minimum absolute atomic E-state index is 0.0791. The topological polar surface area (TPSA) is 36.7 Å². The van der Waals surface area contributed by atoms with Gasteiger partial charge in [-0.05, 0) is 35.0 Å². The second kappa shape index (κ2) is 5.25. The Kier molecular flexibility index (Phi) is 4.26. The number of rotatable bonds is 3. The van der Waals surface area contributed by atoms with Crippen LogP contribution in [0.1, 0.15) is 6.92 Å². The van der Waals surface area contributed by atoms with Crippen LogP contribution in [0.4, 0.5) is 0 Å². The Hall–Kier alpha value is -0.530. The highest BCUT2D eigenvalue weighted by Gasteiger charge is 2.01. The Labute approximate surface area is 90.5 Å². The van der Waals surface area contributed by atoms with E-state index in [1.807, 2.05) is 19.1 Å². The molecule has 0 N–H and O–H groups in total. The van der Waals surface area contributed by atoms with Crippen molar-refractivity contribution in [1.82, 2.24) is 4.98 Å². The summed E-state index contributed by atoms with van der Waals surface area (Å²) in [5.74, 6) is 0.876. The van der Waals surface area contributed by atoms with Gasteiger partial charge in [-0.1, -0.05) is 0 Å². The molecule has 4 heteroatoms. The van der Waals surface area contributed by atoms with E-state index in [2.05, 4.69) is 27.0 Å². The Morgan fingerprint density at radius 3 is 3.00 bits per heavy atom. The van der Waals surface area contributed by atoms with Crippen molar-refractivity contribution in [2.75, 3.05) is 5.75 Å². The van der Waals surface area contributed by atoms with Gasteiger partial charge in [0.15, 0.2) is 0 Å². The van der Waals surface area contributed by atoms with Gasteiger partial charge < -0.3 is 0 Å². The molecule has 2 nitrogen and oxygen atoms in total. The van der Waals surface area contributed by atoms with Crippen LogP contribution in [-0.4, -0.2) is 10.7 Å². The van der Waals surface area contributed by atoms with E-state index in [0.717, 1.165) is 15.3 Å². The van der Waals surface area contributed by atoms with Crippen LogP contribution < -0.4 is 0 Å². The van der Waals surface area contributed by atoms with Crippen molar-refractivity contribution in [2.24, 2.45) is 5.92 Å². The monoisotopic (exact) mass is 256 g/mol. The summed E-state index contributed by atoms with van der Waals surface area (Å²) in [6, 6.07) is 6.08. The number of halogens is 1. The maximum atomic E-state index is 8.57. The van der Waals surface area contributed by atoms with E-state index in [1.165, 1.54) is 0 Å². The zero-order valence-corrected chi connectivity index (χ0v) is 9.60. The van der Waals surface area contributed by atoms with Crippen LogP contribution in [0, 0.1) is 17.2 Å². The minimum atomic E-state index is 0.0791. The van der Waals surface area contributed by atoms with Gasteiger partial charge in [0, 0.05) is 16.4 Å². The summed E-state index contributed by atoms with van der Waals surface area (Å²) in [5.41, 5.74) is 0. The van der Waals surface area contributed by atoms with Gasteiger partial charge >= 0.3 is 0 Å². The maximum Gasteiger partial charge on any atom is 0.0961 e. The Balaban J connectivity index is 2.47. The predicted molar refractivity (Wildman–Crippen MR) is 57.4 cm³/mol. The van der Waals surface area contributed by atoms with E-state index in [1.54, 1.807) is 18.0 Å². The Bertz CT molecular complexity index is 304. The summed E-state index contributed by atoms with van der Waals surface area (Å²) >= 11 is 4.92. The Morgan fingerprint density at radius 2 is 2.46 bits per heavy atom. The number of aromatic nitrogens is 1. The quantitative estimate of drug-likeness (QED) is 0.781. The molecule has 1 aromatic rings. The molecule has 0 bridgehead atoms. The van der Waals surface area contributed by atoms with Crippen molar-refractivity contribution >= 4 is 27.7 Å². The first-order valence-electron chi connectivity index (χ1n) is 3.86. The maximum absolute atomic E-state index is 8.57. The molecule has 1 rings (SSSR count). The standard InChI is InChI=1S/C9H9BrN2S/c1-7(4-11)6-13-9-3-2-8(10)5-12-9/h2-3,5,7H,6H2,1H3. The van der Waals surface area contributed by atoms with Gasteiger partial charge in [-0.3, -0.25) is 0 Å². The predicted octanol–water partition coefficient (Wildman–Crippen LogP) is 3.10. The second-order valence-electron chi connectivity index (χ2n) is 2.66. The number of hydrogen-bond acceptors (Lipinski definition) is 3. The van der Waals surface area contributed by atoms with Crippen LogP contribution >= 0.6 is 27.7 Å². The van der Waals surface area contributed by atoms with Crippen molar-refractivity contribution in [3.63, 3.8) is 0 Å². The van der Waals surface area contributed by atoms with E-state index >= 15 is 0 Å². The summed E-state index contributed by atoms with van der Waals surface area (Å²) in [7, 11) is 0. The average molecular weight is 257 g/mol. The van der Waals surface area contributed by atoms with Crippen LogP contribution in [0.3, 0.4) is 0 Å². The molecular formula is C9H9BrN2S. The first kappa shape index (κ1) is 10.6. The highest BCUT2D eigenvalue weighted by Crippen LogP contribution is 2.19. The second-order valence-corrected chi connectivity index (χ2v) is 4.61. The summed E-state index contributed by atoms with van der Waals surface area (Å²) in [6.45, 7) is 1.91. The normalized spacial score (nSPS) is 12.1. The fourth-order valence-electron chi connectivity index (χ4n) is 0.695. The van der Waals surface area contributed by atoms with Crippen LogP contribution in [0.25, 0.3) is 0 Å². The smallest absolute Gasteiger partial charge is 0.0961 e. The van der Waals surface area contributed by atoms with Gasteiger partial charge in [0.2, 0.25) is 0 Å². The molecule has 1 unspecified atom stereocenters. The average Bonchev–Trinajstić information content (AvgIpc) is 2.16. The lowest BCUT2D eigenvalue weighted by atomic mass is 10.3. The molecule has 0 saturated carbocycles. The molecule has 0 aromatic carbocycles. The third-order valence-electron chi connectivity index (χ3n) is 1.40. The number of pyridine rings is 1. The molecule has 0 saturated heterocycles. The molecule has 1 aromatic heterocycles. The van der Waals surface area contributed by atoms with Crippen molar-refractivity contribution < 1.29 is 0 Å². The first-order chi connectivity index (χ1) is 6.22. The molecule has 0 amide bonds. The lowest BCUT2D eigenvalue weighted by molar-refractivity contribution is 0.862. The minimum Gasteiger partial charge on any atom is -0.249 e. The highest BCUT2D eigenvalue weighted by molar-refractivity contribution is 9.10. The fraction of sp³-hybridized carbons (Fsp3) is 0.333. The van der Waals surface area contributed by atoms with E-state index in [4.69, 9.17) is 5.26 Å². The summed E-state index contributed by atoms with van der Waals surface area (Å²) < 4.78 is 0.977. The SMILES string of the molecule is CC(C#N)CSc1ccc(Br)cn1. The molecule has 68 valence electrons. The summed E-state index contributed by atoms with van der Waals surface area (Å²) in [4.78, 5) is 4.19. The van der Waals surface area contributed by atoms with Crippen LogP contribution in [0.15, 0.2) is 27.8 Å². The molecule has 1 atom stereocenters. The van der Waals surface area contributed by atoms with E-state index in [9.17, 15) is 0 Å². The van der Waals surface area contributed by atoms with E-state index < -0.39 is 0 Å². The summed E-state index contributed by atoms with van der Waals surface area (Å²) in [6.07, 6.45) is 1.76. The van der Waals surface area contributed by atoms with Gasteiger partial charge in [0.25, 0.3) is 0 Å². The lowest BCUT2D eigenvalue weighted by Crippen LogP contribution is -1.93. The van der Waals surface area contributed by atoms with Gasteiger partial charge in [-0.25, -0.2) is 4.98 Å². The molecule has 0 radical (unpaired) electrons. The molecular weight excluding hydrogens is 248 g/mol. The van der Waals surface area contributed by atoms with Gasteiger partial charge in [0.1, 0.15) is 0 Å². The first-order valence-corrected chi connectivity index (χ1v) is 5.64. The fourth-order valence-corrected chi connectivity index (χ4v) is 1.72. The van der Waals surface area contributed by atoms with Crippen molar-refractivity contribution in [2.45, 2.75) is 11.9 Å². The van der Waals surface area contributed by atoms with Crippen molar-refractivity contribution in [3.05, 3.63) is 22.8 Å². The van der Waals surface area contributed by atoms with E-state index in [0.29, 0.717) is 0 Å². The van der Waals surface area contributed by atoms with Gasteiger partial charge in [-0.2, -0.15) is 5.26 Å². The lowest BCUT2D eigenvalue weighted by Gasteiger charge is -2.01. The largest absolute Gasteiger partial charge is 0.249 e. The van der Waals surface area contributed by atoms with E-state index in [-0.39, 0.29) is 5.92 Å².